The Kier molecular flexibility index (Phi) is 4.46. The van der Waals surface area contributed by atoms with E-state index in [0.29, 0.717) is 15.7 Å². The van der Waals surface area contributed by atoms with Gasteiger partial charge in [0.15, 0.2) is 0 Å². The summed E-state index contributed by atoms with van der Waals surface area (Å²) in [6, 6.07) is 6.36. The van der Waals surface area contributed by atoms with Crippen LogP contribution in [0.15, 0.2) is 39.7 Å². The number of nitrogens with one attached hydrogen (secondary N) is 1. The summed E-state index contributed by atoms with van der Waals surface area (Å²) in [5.74, 6) is -0.549. The zero-order valence-corrected chi connectivity index (χ0v) is 14.0. The molecular weight excluding hydrogens is 383 g/mol. The minimum atomic E-state index is -3.88. The molecule has 4 nitrogen and oxygen atoms in total. The number of aryl methyl sites for hydroxylation is 1. The van der Waals surface area contributed by atoms with E-state index in [4.69, 9.17) is 17.3 Å². The molecule has 0 saturated carbocycles. The van der Waals surface area contributed by atoms with Gasteiger partial charge in [-0.05, 0) is 58.7 Å². The first kappa shape index (κ1) is 16.1. The van der Waals surface area contributed by atoms with Crippen LogP contribution in [0.3, 0.4) is 0 Å². The van der Waals surface area contributed by atoms with Crippen molar-refractivity contribution in [3.8, 4) is 0 Å². The molecule has 0 aromatic heterocycles. The van der Waals surface area contributed by atoms with Crippen LogP contribution >= 0.6 is 27.5 Å². The Morgan fingerprint density at radius 1 is 1.29 bits per heavy atom. The second-order valence-electron chi connectivity index (χ2n) is 4.37. The molecule has 0 aliphatic carbocycles. The lowest BCUT2D eigenvalue weighted by Gasteiger charge is -2.13. The van der Waals surface area contributed by atoms with Gasteiger partial charge in [-0.3, -0.25) is 4.72 Å². The molecule has 0 radical (unpaired) electrons. The molecule has 2 rings (SSSR count). The first-order valence-electron chi connectivity index (χ1n) is 5.74. The normalized spacial score (nSPS) is 11.4. The number of hydrogen-bond acceptors (Lipinski definition) is 3. The van der Waals surface area contributed by atoms with Gasteiger partial charge in [-0.2, -0.15) is 0 Å². The highest BCUT2D eigenvalue weighted by molar-refractivity contribution is 9.10. The van der Waals surface area contributed by atoms with Gasteiger partial charge >= 0.3 is 0 Å². The van der Waals surface area contributed by atoms with Gasteiger partial charge in [-0.1, -0.05) is 11.6 Å². The fourth-order valence-electron chi connectivity index (χ4n) is 1.73. The van der Waals surface area contributed by atoms with E-state index in [9.17, 15) is 12.8 Å². The molecular formula is C13H11BrClFN2O2S. The predicted octanol–water partition coefficient (Wildman–Crippen LogP) is 3.93. The number of sulfonamides is 1. The van der Waals surface area contributed by atoms with Gasteiger partial charge in [-0.15, -0.1) is 0 Å². The van der Waals surface area contributed by atoms with Crippen LogP contribution in [-0.2, 0) is 10.0 Å². The van der Waals surface area contributed by atoms with Crippen molar-refractivity contribution in [1.82, 2.24) is 0 Å². The molecule has 21 heavy (non-hydrogen) atoms. The minimum absolute atomic E-state index is 0.0266. The number of nitrogens with two attached hydrogens (primary N) is 1. The number of anilines is 2. The maximum absolute atomic E-state index is 13.0. The molecule has 0 spiro atoms. The van der Waals surface area contributed by atoms with E-state index in [1.807, 2.05) is 0 Å². The summed E-state index contributed by atoms with van der Waals surface area (Å²) in [6.07, 6.45) is 0. The van der Waals surface area contributed by atoms with Crippen molar-refractivity contribution in [3.63, 3.8) is 0 Å². The molecule has 112 valence electrons. The standard InChI is InChI=1S/C13H11BrClFN2O2S/c1-7-4-9(14)11(17)6-13(7)21(19,20)18-12-3-2-8(16)5-10(12)15/h2-6,18H,17H2,1H3. The number of hydrogen-bond donors (Lipinski definition) is 2. The van der Waals surface area contributed by atoms with Crippen LogP contribution in [0.5, 0.6) is 0 Å². The van der Waals surface area contributed by atoms with Gasteiger partial charge < -0.3 is 5.73 Å². The van der Waals surface area contributed by atoms with Crippen molar-refractivity contribution in [2.75, 3.05) is 10.5 Å². The van der Waals surface area contributed by atoms with Crippen LogP contribution in [0.25, 0.3) is 0 Å². The third-order valence-electron chi connectivity index (χ3n) is 2.76. The Hall–Kier alpha value is -1.31. The number of nitrogen functional groups attached to an aromatic ring is 1. The van der Waals surface area contributed by atoms with Gasteiger partial charge in [0, 0.05) is 10.2 Å². The second kappa shape index (κ2) is 5.82. The highest BCUT2D eigenvalue weighted by atomic mass is 79.9. The average molecular weight is 394 g/mol. The molecule has 2 aromatic carbocycles. The van der Waals surface area contributed by atoms with Crippen LogP contribution in [0.4, 0.5) is 15.8 Å². The van der Waals surface area contributed by atoms with Crippen LogP contribution < -0.4 is 10.5 Å². The van der Waals surface area contributed by atoms with Crippen molar-refractivity contribution in [2.45, 2.75) is 11.8 Å². The van der Waals surface area contributed by atoms with E-state index in [0.717, 1.165) is 12.1 Å². The van der Waals surface area contributed by atoms with E-state index in [2.05, 4.69) is 20.7 Å². The minimum Gasteiger partial charge on any atom is -0.398 e. The Labute approximate surface area is 135 Å². The Morgan fingerprint density at radius 2 is 1.95 bits per heavy atom. The smallest absolute Gasteiger partial charge is 0.262 e. The first-order chi connectivity index (χ1) is 9.70. The largest absolute Gasteiger partial charge is 0.398 e. The summed E-state index contributed by atoms with van der Waals surface area (Å²) in [7, 11) is -3.88. The maximum atomic E-state index is 13.0. The van der Waals surface area contributed by atoms with Gasteiger partial charge in [0.25, 0.3) is 10.0 Å². The third-order valence-corrected chi connectivity index (χ3v) is 5.27. The van der Waals surface area contributed by atoms with Gasteiger partial charge in [0.05, 0.1) is 15.6 Å². The van der Waals surface area contributed by atoms with Crippen molar-refractivity contribution in [1.29, 1.82) is 0 Å². The number of rotatable bonds is 3. The Morgan fingerprint density at radius 3 is 2.57 bits per heavy atom. The zero-order valence-electron chi connectivity index (χ0n) is 10.8. The molecule has 3 N–H and O–H groups in total. The van der Waals surface area contributed by atoms with Crippen molar-refractivity contribution >= 4 is 48.9 Å². The lowest BCUT2D eigenvalue weighted by atomic mass is 10.2. The Bertz CT molecular complexity index is 812. The molecule has 0 atom stereocenters. The van der Waals surface area contributed by atoms with E-state index in [1.54, 1.807) is 13.0 Å². The van der Waals surface area contributed by atoms with Crippen LogP contribution in [0.1, 0.15) is 5.56 Å². The number of benzene rings is 2. The first-order valence-corrected chi connectivity index (χ1v) is 8.39. The van der Waals surface area contributed by atoms with Crippen LogP contribution in [-0.4, -0.2) is 8.42 Å². The molecule has 0 aliphatic heterocycles. The molecule has 0 unspecified atom stereocenters. The van der Waals surface area contributed by atoms with Crippen molar-refractivity contribution in [2.24, 2.45) is 0 Å². The van der Waals surface area contributed by atoms with E-state index in [-0.39, 0.29) is 15.6 Å². The molecule has 0 amide bonds. The summed E-state index contributed by atoms with van der Waals surface area (Å²) >= 11 is 9.05. The van der Waals surface area contributed by atoms with Gasteiger partial charge in [-0.25, -0.2) is 12.8 Å². The molecule has 2 aromatic rings. The molecule has 8 heteroatoms. The number of halogens is 3. The lowest BCUT2D eigenvalue weighted by Crippen LogP contribution is -2.15. The van der Waals surface area contributed by atoms with E-state index < -0.39 is 15.8 Å². The van der Waals surface area contributed by atoms with Gasteiger partial charge in [0.1, 0.15) is 5.82 Å². The molecule has 0 aliphatic rings. The van der Waals surface area contributed by atoms with Crippen LogP contribution in [0, 0.1) is 12.7 Å². The highest BCUT2D eigenvalue weighted by Gasteiger charge is 2.19. The monoisotopic (exact) mass is 392 g/mol. The molecule has 0 bridgehead atoms. The summed E-state index contributed by atoms with van der Waals surface area (Å²) in [5, 5.41) is -0.0266. The quantitative estimate of drug-likeness (QED) is 0.776. The van der Waals surface area contributed by atoms with E-state index in [1.165, 1.54) is 12.1 Å². The molecule has 0 saturated heterocycles. The fraction of sp³-hybridized carbons (Fsp3) is 0.0769. The predicted molar refractivity (Wildman–Crippen MR) is 85.5 cm³/mol. The average Bonchev–Trinajstić information content (AvgIpc) is 2.37. The highest BCUT2D eigenvalue weighted by Crippen LogP contribution is 2.30. The third kappa shape index (κ3) is 3.48. The molecule has 0 heterocycles. The van der Waals surface area contributed by atoms with E-state index >= 15 is 0 Å². The lowest BCUT2D eigenvalue weighted by molar-refractivity contribution is 0.600. The maximum Gasteiger partial charge on any atom is 0.262 e. The summed E-state index contributed by atoms with van der Waals surface area (Å²) in [4.78, 5) is 0.0311. The summed E-state index contributed by atoms with van der Waals surface area (Å²) in [6.45, 7) is 1.64. The summed E-state index contributed by atoms with van der Waals surface area (Å²) < 4.78 is 40.7. The Balaban J connectivity index is 2.46. The molecule has 0 fully saturated rings. The SMILES string of the molecule is Cc1cc(Br)c(N)cc1S(=O)(=O)Nc1ccc(F)cc1Cl. The van der Waals surface area contributed by atoms with Crippen molar-refractivity contribution in [3.05, 3.63) is 51.2 Å². The fourth-order valence-corrected chi connectivity index (χ4v) is 3.80. The zero-order chi connectivity index (χ0) is 15.8. The topological polar surface area (TPSA) is 72.2 Å². The second-order valence-corrected chi connectivity index (χ2v) is 7.28. The van der Waals surface area contributed by atoms with Crippen LogP contribution in [0.2, 0.25) is 5.02 Å². The van der Waals surface area contributed by atoms with Gasteiger partial charge in [0.2, 0.25) is 0 Å². The van der Waals surface area contributed by atoms with Crippen molar-refractivity contribution < 1.29 is 12.8 Å². The summed E-state index contributed by atoms with van der Waals surface area (Å²) in [5.41, 5.74) is 6.62.